The van der Waals surface area contributed by atoms with E-state index in [4.69, 9.17) is 0 Å². The molecule has 0 aliphatic heterocycles. The molecule has 0 fully saturated rings. The number of rotatable bonds is 7. The van der Waals surface area contributed by atoms with Crippen LogP contribution in [0.15, 0.2) is 87.8 Å². The number of hydrogen-bond donors (Lipinski definition) is 1. The van der Waals surface area contributed by atoms with E-state index in [0.29, 0.717) is 16.7 Å². The standard InChI is InChI=1S/C23H18BrFN6OS/c1-15(16-2-6-19(25)7-3-16)27-28-21(32)14-33-23-30-29-22(17-10-12-26-13-11-17)31(23)20-8-4-18(24)5-9-20/h2-13H,14H2,1H3,(H,28,32). The van der Waals surface area contributed by atoms with Gasteiger partial charge in [0.1, 0.15) is 5.82 Å². The Labute approximate surface area is 202 Å². The van der Waals surface area contributed by atoms with Crippen molar-refractivity contribution in [2.75, 3.05) is 5.75 Å². The molecule has 0 unspecified atom stereocenters. The lowest BCUT2D eigenvalue weighted by Crippen LogP contribution is -2.21. The normalized spacial score (nSPS) is 11.4. The molecule has 1 N–H and O–H groups in total. The van der Waals surface area contributed by atoms with Gasteiger partial charge in [-0.1, -0.05) is 39.8 Å². The van der Waals surface area contributed by atoms with Gasteiger partial charge in [-0.2, -0.15) is 5.10 Å². The van der Waals surface area contributed by atoms with Gasteiger partial charge in [-0.15, -0.1) is 10.2 Å². The maximum absolute atomic E-state index is 13.1. The third-order valence-corrected chi connectivity index (χ3v) is 6.06. The number of aromatic nitrogens is 4. The van der Waals surface area contributed by atoms with Crippen molar-refractivity contribution in [2.45, 2.75) is 12.1 Å². The van der Waals surface area contributed by atoms with Crippen molar-refractivity contribution in [1.82, 2.24) is 25.2 Å². The monoisotopic (exact) mass is 524 g/mol. The molecule has 0 spiro atoms. The summed E-state index contributed by atoms with van der Waals surface area (Å²) in [5.74, 6) is 0.115. The molecule has 7 nitrogen and oxygen atoms in total. The Morgan fingerprint density at radius 2 is 1.76 bits per heavy atom. The van der Waals surface area contributed by atoms with E-state index in [1.54, 1.807) is 31.5 Å². The smallest absolute Gasteiger partial charge is 0.250 e. The fourth-order valence-electron chi connectivity index (χ4n) is 2.94. The van der Waals surface area contributed by atoms with Gasteiger partial charge in [0.25, 0.3) is 5.91 Å². The first kappa shape index (κ1) is 22.8. The predicted octanol–water partition coefficient (Wildman–Crippen LogP) is 4.86. The summed E-state index contributed by atoms with van der Waals surface area (Å²) in [5.41, 5.74) is 5.55. The third-order valence-electron chi connectivity index (χ3n) is 4.60. The van der Waals surface area contributed by atoms with Crippen LogP contribution in [0.3, 0.4) is 0 Å². The first-order valence-corrected chi connectivity index (χ1v) is 11.6. The van der Waals surface area contributed by atoms with E-state index in [0.717, 1.165) is 21.3 Å². The second-order valence-corrected chi connectivity index (χ2v) is 8.74. The van der Waals surface area contributed by atoms with E-state index in [1.165, 1.54) is 23.9 Å². The highest BCUT2D eigenvalue weighted by Crippen LogP contribution is 2.28. The number of amides is 1. The number of pyridine rings is 1. The fraction of sp³-hybridized carbons (Fsp3) is 0.0870. The van der Waals surface area contributed by atoms with Gasteiger partial charge in [-0.25, -0.2) is 9.82 Å². The van der Waals surface area contributed by atoms with Gasteiger partial charge in [0.05, 0.1) is 11.5 Å². The van der Waals surface area contributed by atoms with Crippen molar-refractivity contribution in [3.8, 4) is 17.1 Å². The minimum absolute atomic E-state index is 0.0885. The van der Waals surface area contributed by atoms with E-state index < -0.39 is 0 Å². The van der Waals surface area contributed by atoms with Gasteiger partial charge in [-0.05, 0) is 61.0 Å². The van der Waals surface area contributed by atoms with Gasteiger partial charge in [0, 0.05) is 28.1 Å². The van der Waals surface area contributed by atoms with Gasteiger partial charge >= 0.3 is 0 Å². The van der Waals surface area contributed by atoms with Crippen molar-refractivity contribution in [2.24, 2.45) is 5.10 Å². The molecule has 0 saturated heterocycles. The van der Waals surface area contributed by atoms with Crippen LogP contribution in [-0.4, -0.2) is 37.1 Å². The summed E-state index contributed by atoms with van der Waals surface area (Å²) in [6.07, 6.45) is 3.38. The summed E-state index contributed by atoms with van der Waals surface area (Å²) in [6.45, 7) is 1.74. The van der Waals surface area contributed by atoms with Crippen LogP contribution in [0, 0.1) is 5.82 Å². The van der Waals surface area contributed by atoms with Crippen molar-refractivity contribution in [1.29, 1.82) is 0 Å². The molecule has 0 radical (unpaired) electrons. The Hall–Kier alpha value is -3.37. The summed E-state index contributed by atoms with van der Waals surface area (Å²) in [4.78, 5) is 16.5. The number of carbonyl (C=O) groups is 1. The van der Waals surface area contributed by atoms with Crippen LogP contribution in [0.4, 0.5) is 4.39 Å². The molecular formula is C23H18BrFN6OS. The zero-order valence-corrected chi connectivity index (χ0v) is 19.8. The Morgan fingerprint density at radius 1 is 1.06 bits per heavy atom. The molecular weight excluding hydrogens is 507 g/mol. The average molecular weight is 525 g/mol. The lowest BCUT2D eigenvalue weighted by atomic mass is 10.1. The van der Waals surface area contributed by atoms with E-state index in [1.807, 2.05) is 41.0 Å². The molecule has 0 aliphatic carbocycles. The van der Waals surface area contributed by atoms with Gasteiger partial charge in [-0.3, -0.25) is 14.3 Å². The summed E-state index contributed by atoms with van der Waals surface area (Å²) >= 11 is 4.70. The molecule has 0 aliphatic rings. The summed E-state index contributed by atoms with van der Waals surface area (Å²) in [7, 11) is 0. The molecule has 0 atom stereocenters. The number of hydrazone groups is 1. The highest BCUT2D eigenvalue weighted by atomic mass is 79.9. The number of halogens is 2. The highest BCUT2D eigenvalue weighted by molar-refractivity contribution is 9.10. The minimum Gasteiger partial charge on any atom is -0.272 e. The zero-order chi connectivity index (χ0) is 23.2. The van der Waals surface area contributed by atoms with Crippen molar-refractivity contribution in [3.63, 3.8) is 0 Å². The molecule has 33 heavy (non-hydrogen) atoms. The second kappa shape index (κ2) is 10.5. The van der Waals surface area contributed by atoms with Crippen LogP contribution in [0.1, 0.15) is 12.5 Å². The Morgan fingerprint density at radius 3 is 2.45 bits per heavy atom. The summed E-state index contributed by atoms with van der Waals surface area (Å²) in [5, 5.41) is 13.3. The van der Waals surface area contributed by atoms with Crippen molar-refractivity contribution in [3.05, 3.63) is 88.9 Å². The molecule has 0 bridgehead atoms. The molecule has 10 heteroatoms. The first-order valence-electron chi connectivity index (χ1n) is 9.85. The number of nitrogens with one attached hydrogen (secondary N) is 1. The van der Waals surface area contributed by atoms with Crippen LogP contribution < -0.4 is 5.43 Å². The zero-order valence-electron chi connectivity index (χ0n) is 17.4. The van der Waals surface area contributed by atoms with Crippen LogP contribution in [-0.2, 0) is 4.79 Å². The Bertz CT molecular complexity index is 1280. The van der Waals surface area contributed by atoms with Crippen LogP contribution >= 0.6 is 27.7 Å². The van der Waals surface area contributed by atoms with Crippen molar-refractivity contribution < 1.29 is 9.18 Å². The lowest BCUT2D eigenvalue weighted by Gasteiger charge is -2.10. The van der Waals surface area contributed by atoms with Crippen LogP contribution in [0.5, 0.6) is 0 Å². The molecule has 4 rings (SSSR count). The number of thioether (sulfide) groups is 1. The maximum atomic E-state index is 13.1. The highest BCUT2D eigenvalue weighted by Gasteiger charge is 2.17. The molecule has 2 heterocycles. The SMILES string of the molecule is CC(=NNC(=O)CSc1nnc(-c2ccncc2)n1-c1ccc(Br)cc1)c1ccc(F)cc1. The molecule has 2 aromatic carbocycles. The lowest BCUT2D eigenvalue weighted by molar-refractivity contribution is -0.118. The predicted molar refractivity (Wildman–Crippen MR) is 130 cm³/mol. The molecule has 166 valence electrons. The third kappa shape index (κ3) is 5.71. The van der Waals surface area contributed by atoms with Gasteiger partial charge in [0.2, 0.25) is 0 Å². The molecule has 4 aromatic rings. The largest absolute Gasteiger partial charge is 0.272 e. The van der Waals surface area contributed by atoms with E-state index >= 15 is 0 Å². The Balaban J connectivity index is 1.51. The Kier molecular flexibility index (Phi) is 7.26. The van der Waals surface area contributed by atoms with Crippen molar-refractivity contribution >= 4 is 39.3 Å². The van der Waals surface area contributed by atoms with E-state index in [9.17, 15) is 9.18 Å². The topological polar surface area (TPSA) is 85.1 Å². The number of benzene rings is 2. The number of nitrogens with zero attached hydrogens (tertiary/aromatic N) is 5. The van der Waals surface area contributed by atoms with Crippen LogP contribution in [0.25, 0.3) is 17.1 Å². The van der Waals surface area contributed by atoms with E-state index in [2.05, 4.69) is 41.6 Å². The van der Waals surface area contributed by atoms with Gasteiger partial charge < -0.3 is 0 Å². The molecule has 1 amide bonds. The van der Waals surface area contributed by atoms with Gasteiger partial charge in [0.15, 0.2) is 11.0 Å². The molecule has 2 aromatic heterocycles. The summed E-state index contributed by atoms with van der Waals surface area (Å²) < 4.78 is 15.9. The maximum Gasteiger partial charge on any atom is 0.250 e. The second-order valence-electron chi connectivity index (χ2n) is 6.88. The number of hydrogen-bond acceptors (Lipinski definition) is 6. The fourth-order valence-corrected chi connectivity index (χ4v) is 3.95. The van der Waals surface area contributed by atoms with Crippen LogP contribution in [0.2, 0.25) is 0 Å². The molecule has 0 saturated carbocycles. The first-order chi connectivity index (χ1) is 16.0. The average Bonchev–Trinajstić information content (AvgIpc) is 3.26. The summed E-state index contributed by atoms with van der Waals surface area (Å²) in [6, 6.07) is 17.4. The minimum atomic E-state index is -0.326. The quantitative estimate of drug-likeness (QED) is 0.212. The van der Waals surface area contributed by atoms with E-state index in [-0.39, 0.29) is 17.5 Å². The number of carbonyl (C=O) groups excluding carboxylic acids is 1.